The number of benzene rings is 1. The molecule has 0 fully saturated rings. The van der Waals surface area contributed by atoms with Gasteiger partial charge < -0.3 is 11.1 Å². The molecule has 0 radical (unpaired) electrons. The number of hydrogen-bond donors (Lipinski definition) is 2. The normalized spacial score (nSPS) is 13.9. The topological polar surface area (TPSA) is 55.1 Å². The lowest BCUT2D eigenvalue weighted by molar-refractivity contribution is -0.122. The van der Waals surface area contributed by atoms with Crippen LogP contribution in [0.4, 0.5) is 0 Å². The summed E-state index contributed by atoms with van der Waals surface area (Å²) >= 11 is 0. The van der Waals surface area contributed by atoms with Gasteiger partial charge in [0.2, 0.25) is 5.91 Å². The molecule has 0 heterocycles. The molecule has 86 valence electrons. The highest BCUT2D eigenvalue weighted by atomic mass is 16.2. The minimum Gasteiger partial charge on any atom is -0.349 e. The van der Waals surface area contributed by atoms with Crippen LogP contribution in [0.2, 0.25) is 0 Å². The molecule has 1 unspecified atom stereocenters. The molecule has 0 saturated carbocycles. The largest absolute Gasteiger partial charge is 0.349 e. The van der Waals surface area contributed by atoms with Gasteiger partial charge in [-0.3, -0.25) is 4.79 Å². The first-order valence-corrected chi connectivity index (χ1v) is 5.36. The zero-order valence-electron chi connectivity index (χ0n) is 9.52. The maximum absolute atomic E-state index is 11.6. The summed E-state index contributed by atoms with van der Waals surface area (Å²) in [7, 11) is 0. The first kappa shape index (κ1) is 12.5. The first-order chi connectivity index (χ1) is 7.63. The predicted octanol–water partition coefficient (Wildman–Crippen LogP) is 1.25. The Balaban J connectivity index is 2.49. The molecule has 1 amide bonds. The summed E-state index contributed by atoms with van der Waals surface area (Å²) in [5, 5.41) is 2.77. The van der Waals surface area contributed by atoms with Crippen LogP contribution in [0.5, 0.6) is 0 Å². The second kappa shape index (κ2) is 6.08. The van der Waals surface area contributed by atoms with Crippen molar-refractivity contribution < 1.29 is 4.79 Å². The van der Waals surface area contributed by atoms with E-state index in [1.54, 1.807) is 6.08 Å². The van der Waals surface area contributed by atoms with E-state index >= 15 is 0 Å². The number of hydrogen-bond acceptors (Lipinski definition) is 2. The summed E-state index contributed by atoms with van der Waals surface area (Å²) in [6, 6.07) is 9.18. The van der Waals surface area contributed by atoms with Gasteiger partial charge in [-0.1, -0.05) is 36.4 Å². The second-order valence-electron chi connectivity index (χ2n) is 3.83. The third-order valence-electron chi connectivity index (χ3n) is 2.36. The van der Waals surface area contributed by atoms with E-state index in [0.29, 0.717) is 6.42 Å². The fourth-order valence-corrected chi connectivity index (χ4v) is 1.35. The molecule has 0 spiro atoms. The Morgan fingerprint density at radius 2 is 2.12 bits per heavy atom. The van der Waals surface area contributed by atoms with Crippen LogP contribution in [-0.4, -0.2) is 18.0 Å². The Morgan fingerprint density at radius 1 is 1.50 bits per heavy atom. The van der Waals surface area contributed by atoms with Gasteiger partial charge in [-0.2, -0.15) is 0 Å². The number of rotatable bonds is 5. The van der Waals surface area contributed by atoms with E-state index in [4.69, 9.17) is 5.73 Å². The van der Waals surface area contributed by atoms with E-state index in [2.05, 4.69) is 11.9 Å². The van der Waals surface area contributed by atoms with Gasteiger partial charge >= 0.3 is 0 Å². The van der Waals surface area contributed by atoms with Crippen LogP contribution in [-0.2, 0) is 11.2 Å². The Morgan fingerprint density at radius 3 is 2.69 bits per heavy atom. The average molecular weight is 218 g/mol. The average Bonchev–Trinajstić information content (AvgIpc) is 2.30. The fourth-order valence-electron chi connectivity index (χ4n) is 1.35. The molecule has 0 aliphatic carbocycles. The SMILES string of the molecule is C=CC(C)NC(=O)[C@H](N)Cc1ccccc1. The molecule has 0 aliphatic heterocycles. The van der Waals surface area contributed by atoms with Crippen LogP contribution in [0.15, 0.2) is 43.0 Å². The molecule has 16 heavy (non-hydrogen) atoms. The predicted molar refractivity (Wildman–Crippen MR) is 65.9 cm³/mol. The van der Waals surface area contributed by atoms with Crippen LogP contribution in [0.1, 0.15) is 12.5 Å². The Kier molecular flexibility index (Phi) is 4.73. The number of amides is 1. The van der Waals surface area contributed by atoms with Crippen LogP contribution in [0, 0.1) is 0 Å². The van der Waals surface area contributed by atoms with Gasteiger partial charge in [-0.05, 0) is 18.9 Å². The molecule has 3 N–H and O–H groups in total. The molecule has 0 saturated heterocycles. The molecule has 0 aliphatic rings. The molecular weight excluding hydrogens is 200 g/mol. The number of nitrogens with one attached hydrogen (secondary N) is 1. The lowest BCUT2D eigenvalue weighted by Gasteiger charge is -2.14. The minimum atomic E-state index is -0.509. The van der Waals surface area contributed by atoms with Gasteiger partial charge in [0.25, 0.3) is 0 Å². The Hall–Kier alpha value is -1.61. The zero-order valence-corrected chi connectivity index (χ0v) is 9.52. The zero-order chi connectivity index (χ0) is 12.0. The Labute approximate surface area is 96.3 Å². The first-order valence-electron chi connectivity index (χ1n) is 5.36. The summed E-state index contributed by atoms with van der Waals surface area (Å²) in [5.74, 6) is -0.142. The van der Waals surface area contributed by atoms with E-state index in [1.807, 2.05) is 37.3 Å². The Bertz CT molecular complexity index is 348. The quantitative estimate of drug-likeness (QED) is 0.731. The second-order valence-corrected chi connectivity index (χ2v) is 3.83. The highest BCUT2D eigenvalue weighted by molar-refractivity contribution is 5.82. The van der Waals surface area contributed by atoms with Gasteiger partial charge in [0.1, 0.15) is 0 Å². The summed E-state index contributed by atoms with van der Waals surface area (Å²) in [6.07, 6.45) is 2.23. The molecule has 1 aromatic rings. The highest BCUT2D eigenvalue weighted by Crippen LogP contribution is 2.02. The summed E-state index contributed by atoms with van der Waals surface area (Å²) in [4.78, 5) is 11.6. The van der Waals surface area contributed by atoms with Crippen molar-refractivity contribution >= 4 is 5.91 Å². The lowest BCUT2D eigenvalue weighted by Crippen LogP contribution is -2.44. The van der Waals surface area contributed by atoms with E-state index < -0.39 is 6.04 Å². The summed E-state index contributed by atoms with van der Waals surface area (Å²) < 4.78 is 0. The molecule has 3 heteroatoms. The van der Waals surface area contributed by atoms with Gasteiger partial charge in [-0.25, -0.2) is 0 Å². The van der Waals surface area contributed by atoms with E-state index in [0.717, 1.165) is 5.56 Å². The van der Waals surface area contributed by atoms with Crippen molar-refractivity contribution in [3.8, 4) is 0 Å². The van der Waals surface area contributed by atoms with Crippen molar-refractivity contribution in [1.82, 2.24) is 5.32 Å². The third-order valence-corrected chi connectivity index (χ3v) is 2.36. The maximum atomic E-state index is 11.6. The van der Waals surface area contributed by atoms with Gasteiger partial charge in [0, 0.05) is 6.04 Å². The number of carbonyl (C=O) groups excluding carboxylic acids is 1. The fraction of sp³-hybridized carbons (Fsp3) is 0.308. The van der Waals surface area contributed by atoms with Crippen molar-refractivity contribution in [3.05, 3.63) is 48.6 Å². The van der Waals surface area contributed by atoms with Gasteiger partial charge in [0.15, 0.2) is 0 Å². The van der Waals surface area contributed by atoms with Crippen LogP contribution in [0.3, 0.4) is 0 Å². The molecule has 1 rings (SSSR count). The standard InChI is InChI=1S/C13H18N2O/c1-3-10(2)15-13(16)12(14)9-11-7-5-4-6-8-11/h3-8,10,12H,1,9,14H2,2H3,(H,15,16)/t10?,12-/m1/s1. The highest BCUT2D eigenvalue weighted by Gasteiger charge is 2.14. The summed E-state index contributed by atoms with van der Waals surface area (Å²) in [6.45, 7) is 5.46. The van der Waals surface area contributed by atoms with E-state index in [9.17, 15) is 4.79 Å². The van der Waals surface area contributed by atoms with E-state index in [1.165, 1.54) is 0 Å². The van der Waals surface area contributed by atoms with Gasteiger partial charge in [-0.15, -0.1) is 6.58 Å². The van der Waals surface area contributed by atoms with Crippen LogP contribution in [0.25, 0.3) is 0 Å². The van der Waals surface area contributed by atoms with Crippen LogP contribution >= 0.6 is 0 Å². The van der Waals surface area contributed by atoms with Gasteiger partial charge in [0.05, 0.1) is 6.04 Å². The number of nitrogens with two attached hydrogens (primary N) is 1. The molecule has 0 bridgehead atoms. The lowest BCUT2D eigenvalue weighted by atomic mass is 10.1. The van der Waals surface area contributed by atoms with Crippen molar-refractivity contribution in [3.63, 3.8) is 0 Å². The third kappa shape index (κ3) is 3.87. The minimum absolute atomic E-state index is 0.0469. The maximum Gasteiger partial charge on any atom is 0.237 e. The molecule has 3 nitrogen and oxygen atoms in total. The molecule has 1 aromatic carbocycles. The molecule has 2 atom stereocenters. The van der Waals surface area contributed by atoms with Crippen molar-refractivity contribution in [2.24, 2.45) is 5.73 Å². The molecule has 0 aromatic heterocycles. The number of carbonyl (C=O) groups is 1. The molecular formula is C13H18N2O. The van der Waals surface area contributed by atoms with Crippen molar-refractivity contribution in [2.45, 2.75) is 25.4 Å². The summed E-state index contributed by atoms with van der Waals surface area (Å²) in [5.41, 5.74) is 6.87. The van der Waals surface area contributed by atoms with Crippen molar-refractivity contribution in [1.29, 1.82) is 0 Å². The van der Waals surface area contributed by atoms with Crippen LogP contribution < -0.4 is 11.1 Å². The van der Waals surface area contributed by atoms with Crippen molar-refractivity contribution in [2.75, 3.05) is 0 Å². The smallest absolute Gasteiger partial charge is 0.237 e. The monoisotopic (exact) mass is 218 g/mol. The van der Waals surface area contributed by atoms with E-state index in [-0.39, 0.29) is 11.9 Å².